The second-order valence-corrected chi connectivity index (χ2v) is 3.80. The van der Waals surface area contributed by atoms with Crippen LogP contribution in [0.4, 0.5) is 4.79 Å². The summed E-state index contributed by atoms with van der Waals surface area (Å²) >= 11 is 0. The van der Waals surface area contributed by atoms with Gasteiger partial charge >= 0.3 is 6.03 Å². The predicted molar refractivity (Wildman–Crippen MR) is 72.3 cm³/mol. The molecule has 8 heteroatoms. The highest BCUT2D eigenvalue weighted by Crippen LogP contribution is 2.23. The molecule has 0 saturated heterocycles. The molecule has 0 aliphatic rings. The van der Waals surface area contributed by atoms with Gasteiger partial charge in [-0.1, -0.05) is 12.1 Å². The first-order chi connectivity index (χ1) is 8.66. The Bertz CT molecular complexity index is 545. The molecule has 0 spiro atoms. The summed E-state index contributed by atoms with van der Waals surface area (Å²) in [6, 6.07) is 6.36. The molecule has 5 N–H and O–H groups in total. The third-order valence-corrected chi connectivity index (χ3v) is 2.32. The van der Waals surface area contributed by atoms with Crippen molar-refractivity contribution in [3.05, 3.63) is 24.3 Å². The Morgan fingerprint density at radius 2 is 2.21 bits per heavy atom. The van der Waals surface area contributed by atoms with E-state index in [1.54, 1.807) is 6.07 Å². The summed E-state index contributed by atoms with van der Waals surface area (Å²) in [7, 11) is 0. The molecule has 7 nitrogen and oxygen atoms in total. The summed E-state index contributed by atoms with van der Waals surface area (Å²) in [5, 5.41) is 6.99. The standard InChI is InChI=1S/C11H14N4O3.ClH/c12-7(5-14-11(13)16)6-17-10-8-3-1-2-4-9(8)18-15-10;/h1-4,7H,5-6,12H2,(H3,13,14,16);1H. The van der Waals surface area contributed by atoms with Crippen molar-refractivity contribution >= 4 is 29.4 Å². The largest absolute Gasteiger partial charge is 0.473 e. The maximum Gasteiger partial charge on any atom is 0.312 e. The lowest BCUT2D eigenvalue weighted by Crippen LogP contribution is -2.42. The van der Waals surface area contributed by atoms with Crippen LogP contribution in [0.3, 0.4) is 0 Å². The van der Waals surface area contributed by atoms with Crippen molar-refractivity contribution in [2.45, 2.75) is 6.04 Å². The second-order valence-electron chi connectivity index (χ2n) is 3.80. The van der Waals surface area contributed by atoms with Crippen LogP contribution in [0.2, 0.25) is 0 Å². The van der Waals surface area contributed by atoms with E-state index >= 15 is 0 Å². The number of carbonyl (C=O) groups excluding carboxylic acids is 1. The van der Waals surface area contributed by atoms with Crippen molar-refractivity contribution in [3.8, 4) is 5.88 Å². The molecule has 0 fully saturated rings. The van der Waals surface area contributed by atoms with Crippen LogP contribution in [0.1, 0.15) is 0 Å². The molecule has 2 amide bonds. The van der Waals surface area contributed by atoms with E-state index in [0.717, 1.165) is 5.39 Å². The van der Waals surface area contributed by atoms with Gasteiger partial charge in [0, 0.05) is 6.54 Å². The number of amides is 2. The lowest BCUT2D eigenvalue weighted by Gasteiger charge is -2.11. The number of fused-ring (bicyclic) bond motifs is 1. The van der Waals surface area contributed by atoms with Gasteiger partial charge < -0.3 is 26.0 Å². The monoisotopic (exact) mass is 286 g/mol. The van der Waals surface area contributed by atoms with Crippen molar-refractivity contribution in [2.75, 3.05) is 13.2 Å². The van der Waals surface area contributed by atoms with Gasteiger partial charge in [0.2, 0.25) is 0 Å². The topological polar surface area (TPSA) is 116 Å². The number of carbonyl (C=O) groups is 1. The number of primary amides is 1. The van der Waals surface area contributed by atoms with Crippen LogP contribution >= 0.6 is 12.4 Å². The zero-order valence-electron chi connectivity index (χ0n) is 10.0. The molecule has 1 atom stereocenters. The fourth-order valence-corrected chi connectivity index (χ4v) is 1.44. The number of hydrogen-bond acceptors (Lipinski definition) is 5. The third-order valence-electron chi connectivity index (χ3n) is 2.32. The third kappa shape index (κ3) is 4.01. The Hall–Kier alpha value is -1.99. The fraction of sp³-hybridized carbons (Fsp3) is 0.273. The van der Waals surface area contributed by atoms with Crippen molar-refractivity contribution in [2.24, 2.45) is 11.5 Å². The van der Waals surface area contributed by atoms with Crippen LogP contribution in [0.25, 0.3) is 11.0 Å². The fourth-order valence-electron chi connectivity index (χ4n) is 1.44. The molecule has 0 saturated carbocycles. The smallest absolute Gasteiger partial charge is 0.312 e. The van der Waals surface area contributed by atoms with Crippen LogP contribution in [0.15, 0.2) is 28.8 Å². The SMILES string of the molecule is Cl.NC(=O)NCC(N)COc1noc2ccccc12. The highest BCUT2D eigenvalue weighted by molar-refractivity contribution is 5.85. The van der Waals surface area contributed by atoms with E-state index in [-0.39, 0.29) is 31.6 Å². The van der Waals surface area contributed by atoms with Gasteiger partial charge in [0.05, 0.1) is 11.4 Å². The van der Waals surface area contributed by atoms with Gasteiger partial charge in [0.25, 0.3) is 5.88 Å². The van der Waals surface area contributed by atoms with E-state index in [2.05, 4.69) is 10.5 Å². The Balaban J connectivity index is 0.00000180. The average Bonchev–Trinajstić information content (AvgIpc) is 2.77. The summed E-state index contributed by atoms with van der Waals surface area (Å²) in [5.74, 6) is 0.389. The molecule has 0 bridgehead atoms. The number of urea groups is 1. The average molecular weight is 287 g/mol. The van der Waals surface area contributed by atoms with Gasteiger partial charge in [0.15, 0.2) is 5.58 Å². The van der Waals surface area contributed by atoms with Crippen molar-refractivity contribution in [3.63, 3.8) is 0 Å². The summed E-state index contributed by atoms with van der Waals surface area (Å²) in [4.78, 5) is 10.5. The molecular formula is C11H15ClN4O3. The van der Waals surface area contributed by atoms with E-state index in [9.17, 15) is 4.79 Å². The number of aromatic nitrogens is 1. The van der Waals surface area contributed by atoms with Crippen LogP contribution in [0.5, 0.6) is 5.88 Å². The maximum atomic E-state index is 10.5. The lowest BCUT2D eigenvalue weighted by atomic mass is 10.2. The van der Waals surface area contributed by atoms with Gasteiger partial charge in [-0.3, -0.25) is 0 Å². The van der Waals surface area contributed by atoms with Crippen molar-refractivity contribution < 1.29 is 14.1 Å². The Labute approximate surface area is 115 Å². The molecule has 2 aromatic rings. The summed E-state index contributed by atoms with van der Waals surface area (Å²) in [6.45, 7) is 0.446. The first-order valence-corrected chi connectivity index (χ1v) is 5.43. The summed E-state index contributed by atoms with van der Waals surface area (Å²) in [6.07, 6.45) is 0. The highest BCUT2D eigenvalue weighted by atomic mass is 35.5. The molecule has 0 aliphatic carbocycles. The quantitative estimate of drug-likeness (QED) is 0.745. The number of para-hydroxylation sites is 1. The van der Waals surface area contributed by atoms with E-state index < -0.39 is 6.03 Å². The molecular weight excluding hydrogens is 272 g/mol. The molecule has 104 valence electrons. The second kappa shape index (κ2) is 6.81. The lowest BCUT2D eigenvalue weighted by molar-refractivity contribution is 0.241. The maximum absolute atomic E-state index is 10.5. The Kier molecular flexibility index (Phi) is 5.40. The number of nitrogens with zero attached hydrogens (tertiary/aromatic N) is 1. The number of ether oxygens (including phenoxy) is 1. The van der Waals surface area contributed by atoms with Crippen LogP contribution in [-0.4, -0.2) is 30.4 Å². The molecule has 1 unspecified atom stereocenters. The van der Waals surface area contributed by atoms with E-state index in [1.165, 1.54) is 0 Å². The first kappa shape index (κ1) is 15.1. The van der Waals surface area contributed by atoms with Gasteiger partial charge in [-0.25, -0.2) is 4.79 Å². The minimum absolute atomic E-state index is 0. The molecule has 0 aliphatic heterocycles. The number of nitrogens with two attached hydrogens (primary N) is 2. The number of benzene rings is 1. The summed E-state index contributed by atoms with van der Waals surface area (Å²) in [5.41, 5.74) is 11.3. The molecule has 1 heterocycles. The van der Waals surface area contributed by atoms with Gasteiger partial charge in [-0.15, -0.1) is 12.4 Å². The number of halogens is 1. The van der Waals surface area contributed by atoms with Crippen molar-refractivity contribution in [1.82, 2.24) is 10.5 Å². The minimum atomic E-state index is -0.614. The van der Waals surface area contributed by atoms with Crippen LogP contribution in [0, 0.1) is 0 Å². The van der Waals surface area contributed by atoms with Crippen LogP contribution in [-0.2, 0) is 0 Å². The number of rotatable bonds is 5. The first-order valence-electron chi connectivity index (χ1n) is 5.43. The molecule has 0 radical (unpaired) electrons. The molecule has 19 heavy (non-hydrogen) atoms. The van der Waals surface area contributed by atoms with E-state index in [0.29, 0.717) is 11.5 Å². The van der Waals surface area contributed by atoms with E-state index in [1.807, 2.05) is 18.2 Å². The summed E-state index contributed by atoms with van der Waals surface area (Å²) < 4.78 is 10.5. The Morgan fingerprint density at radius 3 is 2.95 bits per heavy atom. The van der Waals surface area contributed by atoms with Crippen molar-refractivity contribution in [1.29, 1.82) is 0 Å². The van der Waals surface area contributed by atoms with E-state index in [4.69, 9.17) is 20.7 Å². The van der Waals surface area contributed by atoms with Gasteiger partial charge in [0.1, 0.15) is 6.61 Å². The molecule has 1 aromatic carbocycles. The Morgan fingerprint density at radius 1 is 1.47 bits per heavy atom. The molecule has 2 rings (SSSR count). The van der Waals surface area contributed by atoms with Gasteiger partial charge in [-0.2, -0.15) is 0 Å². The van der Waals surface area contributed by atoms with Crippen LogP contribution < -0.4 is 21.5 Å². The molecule has 1 aromatic heterocycles. The predicted octanol–water partition coefficient (Wildman–Crippen LogP) is 0.624. The number of nitrogens with one attached hydrogen (secondary N) is 1. The minimum Gasteiger partial charge on any atom is -0.473 e. The number of hydrogen-bond donors (Lipinski definition) is 3. The normalized spacial score (nSPS) is 11.6. The highest BCUT2D eigenvalue weighted by Gasteiger charge is 2.10. The zero-order chi connectivity index (χ0) is 13.0. The zero-order valence-corrected chi connectivity index (χ0v) is 10.9. The van der Waals surface area contributed by atoms with Gasteiger partial charge in [-0.05, 0) is 17.3 Å².